The standard InChI is InChI=1S/C20H29N3O2S.C4H6O6/c24-19(14-3-1-4-14)23-12-9-17-18(13-23)26-20(21-17)25-16-7-10-22(11-8-16)15-5-2-6-15;5-1(3(7)8)2(6)4(9)10/h14-16H,1-13H2;1-2,5-6H,(H,7,8)(H,9,10). The lowest BCUT2D eigenvalue weighted by Crippen LogP contribution is -2.46. The van der Waals surface area contributed by atoms with E-state index in [0.29, 0.717) is 17.9 Å². The number of aromatic nitrogens is 1. The number of aliphatic carboxylic acids is 2. The highest BCUT2D eigenvalue weighted by molar-refractivity contribution is 7.13. The summed E-state index contributed by atoms with van der Waals surface area (Å²) < 4.78 is 6.24. The lowest BCUT2D eigenvalue weighted by molar-refractivity contribution is -0.165. The summed E-state index contributed by atoms with van der Waals surface area (Å²) >= 11 is 1.67. The lowest BCUT2D eigenvalue weighted by Gasteiger charge is -2.41. The smallest absolute Gasteiger partial charge is 0.335 e. The minimum absolute atomic E-state index is 0.293. The average molecular weight is 526 g/mol. The molecule has 5 rings (SSSR count). The van der Waals surface area contributed by atoms with Gasteiger partial charge in [0, 0.05) is 38.0 Å². The number of rotatable bonds is 7. The number of aliphatic hydroxyl groups is 2. The molecule has 0 spiro atoms. The van der Waals surface area contributed by atoms with E-state index < -0.39 is 24.1 Å². The van der Waals surface area contributed by atoms with E-state index in [0.717, 1.165) is 62.1 Å². The number of carboxylic acid groups (broad SMARTS) is 2. The zero-order valence-electron chi connectivity index (χ0n) is 20.3. The molecule has 12 heteroatoms. The third-order valence-corrected chi connectivity index (χ3v) is 8.59. The van der Waals surface area contributed by atoms with Crippen molar-refractivity contribution in [2.75, 3.05) is 19.6 Å². The number of thiazole rings is 1. The van der Waals surface area contributed by atoms with Crippen molar-refractivity contribution < 1.29 is 39.5 Å². The summed E-state index contributed by atoms with van der Waals surface area (Å²) in [4.78, 5) is 42.7. The Morgan fingerprint density at radius 1 is 0.917 bits per heavy atom. The number of ether oxygens (including phenoxy) is 1. The normalized spacial score (nSPS) is 22.8. The first-order chi connectivity index (χ1) is 17.2. The van der Waals surface area contributed by atoms with Gasteiger partial charge in [0.25, 0.3) is 5.19 Å². The van der Waals surface area contributed by atoms with Crippen LogP contribution in [0.3, 0.4) is 0 Å². The molecule has 4 N–H and O–H groups in total. The molecule has 36 heavy (non-hydrogen) atoms. The van der Waals surface area contributed by atoms with Crippen LogP contribution in [0.2, 0.25) is 0 Å². The fraction of sp³-hybridized carbons (Fsp3) is 0.750. The quantitative estimate of drug-likeness (QED) is 0.406. The number of amides is 1. The van der Waals surface area contributed by atoms with Crippen LogP contribution in [0.4, 0.5) is 0 Å². The van der Waals surface area contributed by atoms with E-state index >= 15 is 0 Å². The van der Waals surface area contributed by atoms with Crippen molar-refractivity contribution in [3.05, 3.63) is 10.6 Å². The maximum atomic E-state index is 12.5. The number of carbonyl (C=O) groups excluding carboxylic acids is 1. The molecule has 2 aliphatic heterocycles. The van der Waals surface area contributed by atoms with Gasteiger partial charge in [0.05, 0.1) is 17.1 Å². The molecule has 3 heterocycles. The van der Waals surface area contributed by atoms with Crippen molar-refractivity contribution in [2.45, 2.75) is 88.7 Å². The second kappa shape index (κ2) is 11.8. The third-order valence-electron chi connectivity index (χ3n) is 7.62. The van der Waals surface area contributed by atoms with Crippen molar-refractivity contribution in [1.29, 1.82) is 0 Å². The van der Waals surface area contributed by atoms with E-state index in [9.17, 15) is 14.4 Å². The summed E-state index contributed by atoms with van der Waals surface area (Å²) in [5.74, 6) is -2.88. The predicted molar refractivity (Wildman–Crippen MR) is 129 cm³/mol. The monoisotopic (exact) mass is 525 g/mol. The van der Waals surface area contributed by atoms with E-state index in [1.54, 1.807) is 11.3 Å². The van der Waals surface area contributed by atoms with Gasteiger partial charge >= 0.3 is 11.9 Å². The van der Waals surface area contributed by atoms with Crippen LogP contribution in [-0.4, -0.2) is 97.0 Å². The minimum Gasteiger partial charge on any atom is -0.479 e. The van der Waals surface area contributed by atoms with Crippen LogP contribution in [0.5, 0.6) is 5.19 Å². The van der Waals surface area contributed by atoms with Crippen LogP contribution in [0, 0.1) is 5.92 Å². The Bertz CT molecular complexity index is 922. The van der Waals surface area contributed by atoms with Crippen molar-refractivity contribution in [1.82, 2.24) is 14.8 Å². The molecule has 11 nitrogen and oxygen atoms in total. The van der Waals surface area contributed by atoms with Gasteiger partial charge in [-0.05, 0) is 38.5 Å². The van der Waals surface area contributed by atoms with E-state index in [4.69, 9.17) is 30.1 Å². The number of piperidine rings is 1. The maximum absolute atomic E-state index is 12.5. The number of fused-ring (bicyclic) bond motifs is 1. The van der Waals surface area contributed by atoms with Gasteiger partial charge in [-0.2, -0.15) is 0 Å². The number of carboxylic acids is 2. The van der Waals surface area contributed by atoms with Gasteiger partial charge in [0.15, 0.2) is 12.2 Å². The van der Waals surface area contributed by atoms with Crippen LogP contribution < -0.4 is 4.74 Å². The van der Waals surface area contributed by atoms with Crippen molar-refractivity contribution >= 4 is 29.2 Å². The molecule has 0 aromatic carbocycles. The van der Waals surface area contributed by atoms with Gasteiger partial charge in [0.2, 0.25) is 5.91 Å². The summed E-state index contributed by atoms with van der Waals surface area (Å²) in [5, 5.41) is 33.4. The minimum atomic E-state index is -2.27. The number of nitrogens with zero attached hydrogens (tertiary/aromatic N) is 3. The topological polar surface area (TPSA) is 161 Å². The first-order valence-corrected chi connectivity index (χ1v) is 13.5. The summed E-state index contributed by atoms with van der Waals surface area (Å²) in [7, 11) is 0. The maximum Gasteiger partial charge on any atom is 0.335 e. The third kappa shape index (κ3) is 6.34. The van der Waals surface area contributed by atoms with E-state index in [1.807, 2.05) is 4.90 Å². The largest absolute Gasteiger partial charge is 0.479 e. The van der Waals surface area contributed by atoms with Crippen LogP contribution in [-0.2, 0) is 27.3 Å². The van der Waals surface area contributed by atoms with E-state index in [1.165, 1.54) is 43.6 Å². The molecule has 0 radical (unpaired) electrons. The SMILES string of the molecule is O=C(C1CCC1)N1CCc2nc(OC3CCN(C4CCC4)CC3)sc2C1.O=C(O)C(O)C(O)C(=O)O. The van der Waals surface area contributed by atoms with Crippen molar-refractivity contribution in [3.63, 3.8) is 0 Å². The van der Waals surface area contributed by atoms with Crippen LogP contribution >= 0.6 is 11.3 Å². The molecule has 4 aliphatic rings. The molecule has 1 aromatic heterocycles. The van der Waals surface area contributed by atoms with Crippen LogP contribution in [0.1, 0.15) is 61.9 Å². The zero-order chi connectivity index (χ0) is 25.8. The summed E-state index contributed by atoms with van der Waals surface area (Å²) in [6, 6.07) is 0.849. The Balaban J connectivity index is 0.000000261. The molecular weight excluding hydrogens is 490 g/mol. The second-order valence-electron chi connectivity index (χ2n) is 9.99. The Labute approximate surface area is 213 Å². The summed E-state index contributed by atoms with van der Waals surface area (Å²) in [5.41, 5.74) is 1.16. The molecular formula is C24H35N3O8S. The Kier molecular flexibility index (Phi) is 8.81. The highest BCUT2D eigenvalue weighted by Gasteiger charge is 2.33. The molecule has 2 atom stereocenters. The van der Waals surface area contributed by atoms with Crippen molar-refractivity contribution in [3.8, 4) is 5.19 Å². The molecule has 2 saturated carbocycles. The fourth-order valence-electron chi connectivity index (χ4n) is 4.85. The summed E-state index contributed by atoms with van der Waals surface area (Å²) in [6.07, 6.45) is 6.47. The second-order valence-corrected chi connectivity index (χ2v) is 11.0. The fourth-order valence-corrected chi connectivity index (χ4v) is 5.88. The highest BCUT2D eigenvalue weighted by atomic mass is 32.1. The number of hydrogen-bond donors (Lipinski definition) is 4. The zero-order valence-corrected chi connectivity index (χ0v) is 21.1. The van der Waals surface area contributed by atoms with Crippen LogP contribution in [0.15, 0.2) is 0 Å². The lowest BCUT2D eigenvalue weighted by atomic mass is 9.84. The van der Waals surface area contributed by atoms with Gasteiger partial charge in [0.1, 0.15) is 6.10 Å². The molecule has 0 bridgehead atoms. The molecule has 1 saturated heterocycles. The summed E-state index contributed by atoms with van der Waals surface area (Å²) in [6.45, 7) is 3.91. The number of hydrogen-bond acceptors (Lipinski definition) is 9. The Hall–Kier alpha value is -2.28. The number of carbonyl (C=O) groups is 3. The first-order valence-electron chi connectivity index (χ1n) is 12.7. The highest BCUT2D eigenvalue weighted by Crippen LogP contribution is 2.35. The molecule has 1 amide bonds. The van der Waals surface area contributed by atoms with Gasteiger partial charge < -0.3 is 35.0 Å². The Morgan fingerprint density at radius 2 is 1.53 bits per heavy atom. The van der Waals surface area contributed by atoms with Crippen LogP contribution in [0.25, 0.3) is 0 Å². The van der Waals surface area contributed by atoms with Gasteiger partial charge in [-0.3, -0.25) is 4.79 Å². The Morgan fingerprint density at radius 3 is 2.03 bits per heavy atom. The molecule has 3 fully saturated rings. The van der Waals surface area contributed by atoms with Gasteiger partial charge in [-0.25, -0.2) is 14.6 Å². The van der Waals surface area contributed by atoms with E-state index in [2.05, 4.69) is 4.90 Å². The van der Waals surface area contributed by atoms with Crippen molar-refractivity contribution in [2.24, 2.45) is 5.92 Å². The van der Waals surface area contributed by atoms with Gasteiger partial charge in [-0.15, -0.1) is 0 Å². The van der Waals surface area contributed by atoms with E-state index in [-0.39, 0.29) is 0 Å². The van der Waals surface area contributed by atoms with Gasteiger partial charge in [-0.1, -0.05) is 24.2 Å². The predicted octanol–water partition coefficient (Wildman–Crippen LogP) is 1.10. The number of likely N-dealkylation sites (tertiary alicyclic amines) is 1. The molecule has 1 aromatic rings. The average Bonchev–Trinajstić information content (AvgIpc) is 3.18. The first kappa shape index (κ1) is 26.8. The molecule has 2 aliphatic carbocycles. The molecule has 2 unspecified atom stereocenters. The number of aliphatic hydroxyl groups excluding tert-OH is 2. The molecule has 200 valence electrons.